The molecule has 0 saturated carbocycles. The van der Waals surface area contributed by atoms with Crippen LogP contribution in [0.15, 0.2) is 42.5 Å². The van der Waals surface area contributed by atoms with E-state index in [9.17, 15) is 0 Å². The Labute approximate surface area is 122 Å². The molecule has 1 unspecified atom stereocenters. The number of nitrogen functional groups attached to an aromatic ring is 1. The fourth-order valence-electron chi connectivity index (χ4n) is 2.20. The summed E-state index contributed by atoms with van der Waals surface area (Å²) < 4.78 is 0. The van der Waals surface area contributed by atoms with Crippen molar-refractivity contribution >= 4 is 34.3 Å². The summed E-state index contributed by atoms with van der Waals surface area (Å²) in [5.41, 5.74) is 9.31. The molecule has 0 fully saturated rings. The lowest BCUT2D eigenvalue weighted by Gasteiger charge is -2.14. The van der Waals surface area contributed by atoms with Crippen molar-refractivity contribution in [2.24, 2.45) is 0 Å². The Morgan fingerprint density at radius 3 is 2.85 bits per heavy atom. The molecule has 0 aliphatic rings. The van der Waals surface area contributed by atoms with Crippen LogP contribution in [0.1, 0.15) is 18.5 Å². The molecule has 20 heavy (non-hydrogen) atoms. The zero-order valence-corrected chi connectivity index (χ0v) is 11.8. The molecule has 0 amide bonds. The van der Waals surface area contributed by atoms with Gasteiger partial charge in [0.05, 0.1) is 17.1 Å². The Balaban J connectivity index is 1.87. The van der Waals surface area contributed by atoms with Gasteiger partial charge in [0, 0.05) is 10.7 Å². The van der Waals surface area contributed by atoms with Gasteiger partial charge in [-0.05, 0) is 36.8 Å². The molecule has 0 saturated heterocycles. The van der Waals surface area contributed by atoms with E-state index in [1.807, 2.05) is 49.4 Å². The number of halogens is 1. The van der Waals surface area contributed by atoms with Gasteiger partial charge in [0.1, 0.15) is 0 Å². The summed E-state index contributed by atoms with van der Waals surface area (Å²) in [7, 11) is 0. The number of benzene rings is 2. The van der Waals surface area contributed by atoms with Crippen molar-refractivity contribution in [3.8, 4) is 0 Å². The first-order valence-corrected chi connectivity index (χ1v) is 6.77. The van der Waals surface area contributed by atoms with Crippen LogP contribution >= 0.6 is 11.6 Å². The normalized spacial score (nSPS) is 12.5. The molecule has 3 aromatic rings. The summed E-state index contributed by atoms with van der Waals surface area (Å²) in [6.45, 7) is 2.04. The lowest BCUT2D eigenvalue weighted by molar-refractivity contribution is 0.869. The van der Waals surface area contributed by atoms with Crippen LogP contribution in [0.25, 0.3) is 11.0 Å². The van der Waals surface area contributed by atoms with E-state index in [1.54, 1.807) is 0 Å². The molecule has 0 spiro atoms. The molecule has 0 bridgehead atoms. The van der Waals surface area contributed by atoms with Gasteiger partial charge in [0.2, 0.25) is 5.95 Å². The highest BCUT2D eigenvalue weighted by atomic mass is 35.5. The van der Waals surface area contributed by atoms with Gasteiger partial charge in [-0.1, -0.05) is 29.8 Å². The van der Waals surface area contributed by atoms with E-state index in [0.717, 1.165) is 21.6 Å². The highest BCUT2D eigenvalue weighted by molar-refractivity contribution is 6.31. The van der Waals surface area contributed by atoms with Crippen molar-refractivity contribution in [1.82, 2.24) is 9.97 Å². The number of hydrogen-bond donors (Lipinski definition) is 3. The third kappa shape index (κ3) is 2.42. The Kier molecular flexibility index (Phi) is 3.24. The molecular formula is C15H15ClN4. The minimum atomic E-state index is 0.0570. The van der Waals surface area contributed by atoms with Gasteiger partial charge in [-0.3, -0.25) is 0 Å². The van der Waals surface area contributed by atoms with E-state index in [1.165, 1.54) is 0 Å². The lowest BCUT2D eigenvalue weighted by Crippen LogP contribution is -2.08. The molecule has 0 aliphatic heterocycles. The first-order valence-electron chi connectivity index (χ1n) is 6.39. The second-order valence-corrected chi connectivity index (χ2v) is 5.16. The van der Waals surface area contributed by atoms with E-state index in [-0.39, 0.29) is 6.04 Å². The molecule has 1 heterocycles. The molecular weight excluding hydrogens is 272 g/mol. The lowest BCUT2D eigenvalue weighted by atomic mass is 10.1. The minimum absolute atomic E-state index is 0.0570. The standard InChI is InChI=1S/C15H15ClN4/c1-9(11-4-2-3-5-12(11)16)18-15-19-13-7-6-10(17)8-14(13)20-15/h2-9H,17H2,1H3,(H2,18,19,20). The van der Waals surface area contributed by atoms with E-state index in [4.69, 9.17) is 17.3 Å². The maximum atomic E-state index is 6.20. The third-order valence-electron chi connectivity index (χ3n) is 3.23. The average Bonchev–Trinajstić information content (AvgIpc) is 2.80. The number of imidazole rings is 1. The molecule has 102 valence electrons. The quantitative estimate of drug-likeness (QED) is 0.638. The summed E-state index contributed by atoms with van der Waals surface area (Å²) in [4.78, 5) is 7.69. The first-order chi connectivity index (χ1) is 9.63. The molecule has 0 radical (unpaired) electrons. The summed E-state index contributed by atoms with van der Waals surface area (Å²) in [5.74, 6) is 0.706. The van der Waals surface area contributed by atoms with E-state index < -0.39 is 0 Å². The first kappa shape index (κ1) is 12.8. The van der Waals surface area contributed by atoms with Crippen LogP contribution < -0.4 is 11.1 Å². The van der Waals surface area contributed by atoms with E-state index in [0.29, 0.717) is 11.6 Å². The van der Waals surface area contributed by atoms with Crippen molar-refractivity contribution in [1.29, 1.82) is 0 Å². The Morgan fingerprint density at radius 2 is 2.05 bits per heavy atom. The predicted octanol–water partition coefficient (Wildman–Crippen LogP) is 3.97. The van der Waals surface area contributed by atoms with Crippen molar-refractivity contribution in [2.45, 2.75) is 13.0 Å². The van der Waals surface area contributed by atoms with Gasteiger partial charge in [0.25, 0.3) is 0 Å². The second-order valence-electron chi connectivity index (χ2n) is 4.75. The number of rotatable bonds is 3. The van der Waals surface area contributed by atoms with Crippen molar-refractivity contribution in [3.63, 3.8) is 0 Å². The highest BCUT2D eigenvalue weighted by Gasteiger charge is 2.11. The van der Waals surface area contributed by atoms with Crippen LogP contribution in [-0.4, -0.2) is 9.97 Å². The number of aromatic nitrogens is 2. The number of anilines is 2. The maximum absolute atomic E-state index is 6.20. The number of nitrogens with two attached hydrogens (primary N) is 1. The highest BCUT2D eigenvalue weighted by Crippen LogP contribution is 2.25. The van der Waals surface area contributed by atoms with E-state index >= 15 is 0 Å². The fourth-order valence-corrected chi connectivity index (χ4v) is 2.50. The largest absolute Gasteiger partial charge is 0.399 e. The van der Waals surface area contributed by atoms with Crippen molar-refractivity contribution in [3.05, 3.63) is 53.1 Å². The number of nitrogens with one attached hydrogen (secondary N) is 2. The number of H-pyrrole nitrogens is 1. The van der Waals surface area contributed by atoms with Crippen LogP contribution in [0.4, 0.5) is 11.6 Å². The molecule has 4 nitrogen and oxygen atoms in total. The Morgan fingerprint density at radius 1 is 1.25 bits per heavy atom. The van der Waals surface area contributed by atoms with Gasteiger partial charge in [-0.25, -0.2) is 4.98 Å². The Bertz CT molecular complexity index is 750. The second kappa shape index (κ2) is 5.06. The van der Waals surface area contributed by atoms with Crippen LogP contribution in [-0.2, 0) is 0 Å². The van der Waals surface area contributed by atoms with Crippen molar-refractivity contribution < 1.29 is 0 Å². The summed E-state index contributed by atoms with van der Waals surface area (Å²) in [6.07, 6.45) is 0. The molecule has 4 N–H and O–H groups in total. The number of nitrogens with zero attached hydrogens (tertiary/aromatic N) is 1. The maximum Gasteiger partial charge on any atom is 0.201 e. The topological polar surface area (TPSA) is 66.7 Å². The fraction of sp³-hybridized carbons (Fsp3) is 0.133. The van der Waals surface area contributed by atoms with Gasteiger partial charge in [-0.15, -0.1) is 0 Å². The Hall–Kier alpha value is -2.20. The zero-order chi connectivity index (χ0) is 14.1. The van der Waals surface area contributed by atoms with E-state index in [2.05, 4.69) is 15.3 Å². The summed E-state index contributed by atoms with van der Waals surface area (Å²) in [5, 5.41) is 4.06. The minimum Gasteiger partial charge on any atom is -0.399 e. The molecule has 1 aromatic heterocycles. The molecule has 2 aromatic carbocycles. The van der Waals surface area contributed by atoms with Gasteiger partial charge >= 0.3 is 0 Å². The number of hydrogen-bond acceptors (Lipinski definition) is 3. The predicted molar refractivity (Wildman–Crippen MR) is 84.0 cm³/mol. The zero-order valence-electron chi connectivity index (χ0n) is 11.0. The number of fused-ring (bicyclic) bond motifs is 1. The van der Waals surface area contributed by atoms with Crippen LogP contribution in [0, 0.1) is 0 Å². The van der Waals surface area contributed by atoms with Gasteiger partial charge in [-0.2, -0.15) is 0 Å². The van der Waals surface area contributed by atoms with Gasteiger partial charge in [0.15, 0.2) is 0 Å². The summed E-state index contributed by atoms with van der Waals surface area (Å²) in [6, 6.07) is 13.4. The molecule has 1 atom stereocenters. The molecule has 3 rings (SSSR count). The number of aromatic amines is 1. The SMILES string of the molecule is CC(Nc1nc2ccc(N)cc2[nH]1)c1ccccc1Cl. The molecule has 0 aliphatic carbocycles. The van der Waals surface area contributed by atoms with Crippen LogP contribution in [0.2, 0.25) is 5.02 Å². The third-order valence-corrected chi connectivity index (χ3v) is 3.58. The average molecular weight is 287 g/mol. The summed E-state index contributed by atoms with van der Waals surface area (Å²) >= 11 is 6.20. The molecule has 5 heteroatoms. The van der Waals surface area contributed by atoms with Crippen molar-refractivity contribution in [2.75, 3.05) is 11.1 Å². The van der Waals surface area contributed by atoms with Crippen LogP contribution in [0.5, 0.6) is 0 Å². The smallest absolute Gasteiger partial charge is 0.201 e. The van der Waals surface area contributed by atoms with Crippen LogP contribution in [0.3, 0.4) is 0 Å². The van der Waals surface area contributed by atoms with Gasteiger partial charge < -0.3 is 16.0 Å². The monoisotopic (exact) mass is 286 g/mol.